The molecule has 8 heteroatoms. The van der Waals surface area contributed by atoms with Crippen molar-refractivity contribution in [1.29, 1.82) is 0 Å². The van der Waals surface area contributed by atoms with Crippen LogP contribution in [0.1, 0.15) is 19.1 Å². The number of hydrogen-bond donors (Lipinski definition) is 3. The van der Waals surface area contributed by atoms with Crippen molar-refractivity contribution in [3.05, 3.63) is 52.9 Å². The van der Waals surface area contributed by atoms with E-state index in [-0.39, 0.29) is 29.9 Å². The number of carbonyl (C=O) groups is 1. The van der Waals surface area contributed by atoms with Gasteiger partial charge in [0, 0.05) is 29.7 Å². The third-order valence-electron chi connectivity index (χ3n) is 3.09. The number of furan rings is 1. The number of halogens is 2. The summed E-state index contributed by atoms with van der Waals surface area (Å²) in [6, 6.07) is 11.2. The predicted molar refractivity (Wildman–Crippen MR) is 114 cm³/mol. The highest BCUT2D eigenvalue weighted by molar-refractivity contribution is 14.0. The highest BCUT2D eigenvalue weighted by atomic mass is 127. The van der Waals surface area contributed by atoms with Crippen LogP contribution < -0.4 is 16.0 Å². The van der Waals surface area contributed by atoms with Gasteiger partial charge in [-0.25, -0.2) is 4.99 Å². The molecule has 0 atom stereocenters. The van der Waals surface area contributed by atoms with E-state index in [0.29, 0.717) is 25.5 Å². The van der Waals surface area contributed by atoms with Gasteiger partial charge in [0.25, 0.3) is 0 Å². The standard InChI is InChI=1S/C17H21BrN4O2.HI/c1-2-19-17(21-12-15-4-3-11-24-15)20-10-9-16(23)22-14-7-5-13(18)6-8-14;/h3-8,11H,2,9-10,12H2,1H3,(H,22,23)(H2,19,20,21);1H. The molecule has 3 N–H and O–H groups in total. The van der Waals surface area contributed by atoms with E-state index in [0.717, 1.165) is 22.5 Å². The van der Waals surface area contributed by atoms with Crippen molar-refractivity contribution in [2.24, 2.45) is 4.99 Å². The maximum absolute atomic E-state index is 11.9. The Balaban J connectivity index is 0.00000312. The largest absolute Gasteiger partial charge is 0.467 e. The summed E-state index contributed by atoms with van der Waals surface area (Å²) in [5, 5.41) is 9.13. The average Bonchev–Trinajstić information content (AvgIpc) is 3.08. The molecule has 0 bridgehead atoms. The van der Waals surface area contributed by atoms with Crippen molar-refractivity contribution in [2.75, 3.05) is 18.4 Å². The zero-order chi connectivity index (χ0) is 17.2. The predicted octanol–water partition coefficient (Wildman–Crippen LogP) is 3.74. The van der Waals surface area contributed by atoms with Gasteiger partial charge in [-0.2, -0.15) is 0 Å². The topological polar surface area (TPSA) is 78.7 Å². The fourth-order valence-corrected chi connectivity index (χ4v) is 2.22. The van der Waals surface area contributed by atoms with Crippen molar-refractivity contribution in [3.8, 4) is 0 Å². The number of rotatable bonds is 7. The molecule has 2 aromatic rings. The molecular weight excluding hydrogens is 499 g/mol. The molecule has 0 aliphatic carbocycles. The van der Waals surface area contributed by atoms with Gasteiger partial charge in [-0.3, -0.25) is 4.79 Å². The summed E-state index contributed by atoms with van der Waals surface area (Å²) in [7, 11) is 0. The molecule has 0 aliphatic heterocycles. The lowest BCUT2D eigenvalue weighted by molar-refractivity contribution is -0.116. The third-order valence-corrected chi connectivity index (χ3v) is 3.62. The lowest BCUT2D eigenvalue weighted by Crippen LogP contribution is -2.38. The van der Waals surface area contributed by atoms with Crippen LogP contribution in [0.3, 0.4) is 0 Å². The number of hydrogen-bond acceptors (Lipinski definition) is 3. The van der Waals surface area contributed by atoms with E-state index in [9.17, 15) is 4.79 Å². The number of guanidine groups is 1. The van der Waals surface area contributed by atoms with Gasteiger partial charge in [0.2, 0.25) is 5.91 Å². The van der Waals surface area contributed by atoms with Crippen molar-refractivity contribution >= 4 is 57.5 Å². The Hall–Kier alpha value is -1.55. The number of nitrogens with zero attached hydrogens (tertiary/aromatic N) is 1. The summed E-state index contributed by atoms with van der Waals surface area (Å²) >= 11 is 3.36. The van der Waals surface area contributed by atoms with Gasteiger partial charge in [-0.15, -0.1) is 24.0 Å². The van der Waals surface area contributed by atoms with Gasteiger partial charge in [0.15, 0.2) is 5.96 Å². The third kappa shape index (κ3) is 8.39. The van der Waals surface area contributed by atoms with Crippen LogP contribution in [-0.2, 0) is 11.3 Å². The normalized spacial score (nSPS) is 10.7. The number of amides is 1. The maximum atomic E-state index is 11.9. The van der Waals surface area contributed by atoms with Gasteiger partial charge < -0.3 is 20.4 Å². The molecule has 6 nitrogen and oxygen atoms in total. The Morgan fingerprint density at radius 3 is 2.60 bits per heavy atom. The first-order chi connectivity index (χ1) is 11.7. The first-order valence-electron chi connectivity index (χ1n) is 7.77. The number of benzene rings is 1. The van der Waals surface area contributed by atoms with Crippen molar-refractivity contribution < 1.29 is 9.21 Å². The SMILES string of the molecule is CCNC(=NCc1ccco1)NCCC(=O)Nc1ccc(Br)cc1.I. The fourth-order valence-electron chi connectivity index (χ4n) is 1.95. The lowest BCUT2D eigenvalue weighted by Gasteiger charge is -2.11. The lowest BCUT2D eigenvalue weighted by atomic mass is 10.3. The zero-order valence-electron chi connectivity index (χ0n) is 13.9. The minimum atomic E-state index is -0.0493. The molecule has 1 heterocycles. The first-order valence-corrected chi connectivity index (χ1v) is 8.56. The molecule has 1 aromatic heterocycles. The molecule has 1 aromatic carbocycles. The molecule has 25 heavy (non-hydrogen) atoms. The fraction of sp³-hybridized carbons (Fsp3) is 0.294. The van der Waals surface area contributed by atoms with Crippen molar-refractivity contribution in [3.63, 3.8) is 0 Å². The van der Waals surface area contributed by atoms with Gasteiger partial charge in [-0.1, -0.05) is 15.9 Å². The van der Waals surface area contributed by atoms with E-state index in [4.69, 9.17) is 4.42 Å². The summed E-state index contributed by atoms with van der Waals surface area (Å²) in [5.41, 5.74) is 0.779. The first kappa shape index (κ1) is 21.5. The van der Waals surface area contributed by atoms with Crippen LogP contribution in [0.4, 0.5) is 5.69 Å². The van der Waals surface area contributed by atoms with Crippen molar-refractivity contribution in [2.45, 2.75) is 19.9 Å². The van der Waals surface area contributed by atoms with Crippen LogP contribution in [0.5, 0.6) is 0 Å². The van der Waals surface area contributed by atoms with E-state index in [1.54, 1.807) is 6.26 Å². The molecule has 0 fully saturated rings. The van der Waals surface area contributed by atoms with Gasteiger partial charge in [0.05, 0.1) is 6.26 Å². The second-order valence-corrected chi connectivity index (χ2v) is 5.92. The highest BCUT2D eigenvalue weighted by Crippen LogP contribution is 2.14. The number of nitrogens with one attached hydrogen (secondary N) is 3. The summed E-state index contributed by atoms with van der Waals surface area (Å²) in [6.07, 6.45) is 1.97. The van der Waals surface area contributed by atoms with Gasteiger partial charge >= 0.3 is 0 Å². The Kier molecular flexibility index (Phi) is 10.2. The molecule has 0 spiro atoms. The molecule has 0 saturated carbocycles. The van der Waals surface area contributed by atoms with Crippen LogP contribution in [0.2, 0.25) is 0 Å². The minimum absolute atomic E-state index is 0. The molecular formula is C17H22BrIN4O2. The Labute approximate surface area is 173 Å². The van der Waals surface area contributed by atoms with E-state index in [1.165, 1.54) is 0 Å². The smallest absolute Gasteiger partial charge is 0.226 e. The van der Waals surface area contributed by atoms with Crippen molar-refractivity contribution in [1.82, 2.24) is 10.6 Å². The van der Waals surface area contributed by atoms with E-state index in [1.807, 2.05) is 43.3 Å². The van der Waals surface area contributed by atoms with E-state index in [2.05, 4.69) is 36.9 Å². The molecule has 0 saturated heterocycles. The summed E-state index contributed by atoms with van der Waals surface area (Å²) in [4.78, 5) is 16.4. The highest BCUT2D eigenvalue weighted by Gasteiger charge is 2.04. The molecule has 2 rings (SSSR count). The Morgan fingerprint density at radius 2 is 1.96 bits per heavy atom. The van der Waals surface area contributed by atoms with Crippen LogP contribution in [0.25, 0.3) is 0 Å². The van der Waals surface area contributed by atoms with E-state index >= 15 is 0 Å². The minimum Gasteiger partial charge on any atom is -0.467 e. The van der Waals surface area contributed by atoms with E-state index < -0.39 is 0 Å². The second kappa shape index (κ2) is 11.9. The Morgan fingerprint density at radius 1 is 1.20 bits per heavy atom. The number of aliphatic imine (C=N–C) groups is 1. The molecule has 0 unspecified atom stereocenters. The molecule has 1 amide bonds. The van der Waals surface area contributed by atoms with Crippen LogP contribution in [0, 0.1) is 0 Å². The second-order valence-electron chi connectivity index (χ2n) is 5.01. The van der Waals surface area contributed by atoms with Gasteiger partial charge in [0.1, 0.15) is 12.3 Å². The molecule has 0 radical (unpaired) electrons. The van der Waals surface area contributed by atoms with Crippen LogP contribution >= 0.6 is 39.9 Å². The maximum Gasteiger partial charge on any atom is 0.226 e. The summed E-state index contributed by atoms with van der Waals surface area (Å²) in [6.45, 7) is 3.68. The van der Waals surface area contributed by atoms with Crippen LogP contribution in [-0.4, -0.2) is 25.0 Å². The summed E-state index contributed by atoms with van der Waals surface area (Å²) < 4.78 is 6.23. The quantitative estimate of drug-likeness (QED) is 0.295. The van der Waals surface area contributed by atoms with Gasteiger partial charge in [-0.05, 0) is 43.3 Å². The van der Waals surface area contributed by atoms with Crippen LogP contribution in [0.15, 0.2) is 56.5 Å². The number of carbonyl (C=O) groups excluding carboxylic acids is 1. The zero-order valence-corrected chi connectivity index (χ0v) is 17.8. The average molecular weight is 521 g/mol. The molecule has 136 valence electrons. The monoisotopic (exact) mass is 520 g/mol. The summed E-state index contributed by atoms with van der Waals surface area (Å²) in [5.74, 6) is 1.40. The Bertz CT molecular complexity index is 660. The number of anilines is 1. The molecule has 0 aliphatic rings.